The standard InChI is InChI=1S/C13H22N2O3/c16-12-6-8-15(9-7-14-12)13(17)5-4-11-3-1-2-10-18-11/h11H,1-10H2,(H,14,16). The van der Waals surface area contributed by atoms with Crippen molar-refractivity contribution < 1.29 is 14.3 Å². The fourth-order valence-electron chi connectivity index (χ4n) is 2.49. The van der Waals surface area contributed by atoms with Gasteiger partial charge in [-0.25, -0.2) is 0 Å². The second-order valence-corrected chi connectivity index (χ2v) is 5.01. The first-order chi connectivity index (χ1) is 8.75. The number of carbonyl (C=O) groups is 2. The van der Waals surface area contributed by atoms with Gasteiger partial charge in [0.25, 0.3) is 0 Å². The van der Waals surface area contributed by atoms with Gasteiger partial charge >= 0.3 is 0 Å². The molecule has 1 atom stereocenters. The minimum atomic E-state index is 0.0425. The van der Waals surface area contributed by atoms with Gasteiger partial charge < -0.3 is 15.0 Å². The van der Waals surface area contributed by atoms with E-state index in [1.54, 1.807) is 4.90 Å². The smallest absolute Gasteiger partial charge is 0.222 e. The van der Waals surface area contributed by atoms with Crippen LogP contribution in [0.2, 0.25) is 0 Å². The molecule has 0 spiro atoms. The molecule has 18 heavy (non-hydrogen) atoms. The maximum atomic E-state index is 12.0. The topological polar surface area (TPSA) is 58.6 Å². The Bertz CT molecular complexity index is 301. The average molecular weight is 254 g/mol. The molecule has 5 heteroatoms. The molecule has 0 aromatic rings. The Hall–Kier alpha value is -1.10. The molecule has 2 heterocycles. The SMILES string of the molecule is O=C1CCN(C(=O)CCC2CCCCO2)CCN1. The third kappa shape index (κ3) is 3.98. The van der Waals surface area contributed by atoms with Crippen LogP contribution in [0.25, 0.3) is 0 Å². The highest BCUT2D eigenvalue weighted by atomic mass is 16.5. The highest BCUT2D eigenvalue weighted by Crippen LogP contribution is 2.17. The van der Waals surface area contributed by atoms with Gasteiger partial charge in [-0.3, -0.25) is 9.59 Å². The van der Waals surface area contributed by atoms with Crippen molar-refractivity contribution in [1.29, 1.82) is 0 Å². The summed E-state index contributed by atoms with van der Waals surface area (Å²) >= 11 is 0. The van der Waals surface area contributed by atoms with Crippen molar-refractivity contribution in [3.8, 4) is 0 Å². The predicted octanol–water partition coefficient (Wildman–Crippen LogP) is 0.684. The predicted molar refractivity (Wildman–Crippen MR) is 67.0 cm³/mol. The fourth-order valence-corrected chi connectivity index (χ4v) is 2.49. The van der Waals surface area contributed by atoms with Crippen LogP contribution in [0.1, 0.15) is 38.5 Å². The van der Waals surface area contributed by atoms with E-state index in [2.05, 4.69) is 5.32 Å². The summed E-state index contributed by atoms with van der Waals surface area (Å²) in [7, 11) is 0. The summed E-state index contributed by atoms with van der Waals surface area (Å²) in [6, 6.07) is 0. The molecular weight excluding hydrogens is 232 g/mol. The lowest BCUT2D eigenvalue weighted by molar-refractivity contribution is -0.132. The highest BCUT2D eigenvalue weighted by Gasteiger charge is 2.20. The zero-order valence-corrected chi connectivity index (χ0v) is 10.8. The maximum Gasteiger partial charge on any atom is 0.222 e. The van der Waals surface area contributed by atoms with E-state index >= 15 is 0 Å². The Morgan fingerprint density at radius 1 is 1.39 bits per heavy atom. The molecule has 2 rings (SSSR count). The quantitative estimate of drug-likeness (QED) is 0.806. The molecule has 5 nitrogen and oxygen atoms in total. The Labute approximate surface area is 108 Å². The Morgan fingerprint density at radius 3 is 3.06 bits per heavy atom. The molecule has 0 aromatic heterocycles. The molecular formula is C13H22N2O3. The zero-order chi connectivity index (χ0) is 12.8. The van der Waals surface area contributed by atoms with Gasteiger partial charge in [-0.05, 0) is 25.7 Å². The first-order valence-corrected chi connectivity index (χ1v) is 6.92. The summed E-state index contributed by atoms with van der Waals surface area (Å²) in [6.07, 6.45) is 5.47. The second-order valence-electron chi connectivity index (χ2n) is 5.01. The third-order valence-corrected chi connectivity index (χ3v) is 3.62. The maximum absolute atomic E-state index is 12.0. The third-order valence-electron chi connectivity index (χ3n) is 3.62. The number of hydrogen-bond acceptors (Lipinski definition) is 3. The Morgan fingerprint density at radius 2 is 2.28 bits per heavy atom. The summed E-state index contributed by atoms with van der Waals surface area (Å²) < 4.78 is 5.62. The Balaban J connectivity index is 1.71. The van der Waals surface area contributed by atoms with Crippen LogP contribution in [-0.4, -0.2) is 49.1 Å². The van der Waals surface area contributed by atoms with E-state index in [1.165, 1.54) is 6.42 Å². The van der Waals surface area contributed by atoms with E-state index in [4.69, 9.17) is 4.74 Å². The minimum absolute atomic E-state index is 0.0425. The normalized spacial score (nSPS) is 25.4. The molecule has 2 saturated heterocycles. The number of carbonyl (C=O) groups excluding carboxylic acids is 2. The summed E-state index contributed by atoms with van der Waals surface area (Å²) in [5.74, 6) is 0.196. The van der Waals surface area contributed by atoms with Gasteiger partial charge in [-0.1, -0.05) is 0 Å². The van der Waals surface area contributed by atoms with E-state index < -0.39 is 0 Å². The Kier molecular flexibility index (Phi) is 4.99. The second kappa shape index (κ2) is 6.73. The number of hydrogen-bond donors (Lipinski definition) is 1. The summed E-state index contributed by atoms with van der Waals surface area (Å²) in [5.41, 5.74) is 0. The van der Waals surface area contributed by atoms with E-state index in [0.29, 0.717) is 32.5 Å². The van der Waals surface area contributed by atoms with Gasteiger partial charge in [0.1, 0.15) is 0 Å². The lowest BCUT2D eigenvalue weighted by Gasteiger charge is -2.24. The van der Waals surface area contributed by atoms with Crippen LogP contribution in [-0.2, 0) is 14.3 Å². The molecule has 0 aromatic carbocycles. The van der Waals surface area contributed by atoms with E-state index in [1.807, 2.05) is 0 Å². The van der Waals surface area contributed by atoms with Crippen LogP contribution in [0.4, 0.5) is 0 Å². The van der Waals surface area contributed by atoms with E-state index in [-0.39, 0.29) is 17.9 Å². The van der Waals surface area contributed by atoms with E-state index in [9.17, 15) is 9.59 Å². The van der Waals surface area contributed by atoms with Crippen molar-refractivity contribution in [1.82, 2.24) is 10.2 Å². The molecule has 0 radical (unpaired) electrons. The van der Waals surface area contributed by atoms with Crippen molar-refractivity contribution in [2.75, 3.05) is 26.2 Å². The molecule has 2 aliphatic rings. The molecule has 102 valence electrons. The molecule has 0 bridgehead atoms. The first kappa shape index (κ1) is 13.3. The van der Waals surface area contributed by atoms with Gasteiger partial charge in [0.05, 0.1) is 6.10 Å². The molecule has 2 aliphatic heterocycles. The number of amides is 2. The van der Waals surface area contributed by atoms with Gasteiger partial charge in [0.2, 0.25) is 11.8 Å². The van der Waals surface area contributed by atoms with E-state index in [0.717, 1.165) is 25.9 Å². The van der Waals surface area contributed by atoms with Gasteiger partial charge in [0.15, 0.2) is 0 Å². The first-order valence-electron chi connectivity index (χ1n) is 6.92. The number of rotatable bonds is 3. The summed E-state index contributed by atoms with van der Waals surface area (Å²) in [4.78, 5) is 25.0. The van der Waals surface area contributed by atoms with Crippen LogP contribution < -0.4 is 5.32 Å². The lowest BCUT2D eigenvalue weighted by atomic mass is 10.0. The van der Waals surface area contributed by atoms with Crippen LogP contribution in [0.5, 0.6) is 0 Å². The number of nitrogens with zero attached hydrogens (tertiary/aromatic N) is 1. The lowest BCUT2D eigenvalue weighted by Crippen LogP contribution is -2.34. The van der Waals surface area contributed by atoms with Crippen molar-refractivity contribution in [3.05, 3.63) is 0 Å². The minimum Gasteiger partial charge on any atom is -0.378 e. The highest BCUT2D eigenvalue weighted by molar-refractivity contribution is 5.80. The molecule has 0 saturated carbocycles. The molecule has 1 N–H and O–H groups in total. The van der Waals surface area contributed by atoms with Crippen molar-refractivity contribution >= 4 is 11.8 Å². The summed E-state index contributed by atoms with van der Waals surface area (Å²) in [6.45, 7) is 2.60. The van der Waals surface area contributed by atoms with Crippen molar-refractivity contribution in [2.24, 2.45) is 0 Å². The molecule has 1 unspecified atom stereocenters. The van der Waals surface area contributed by atoms with Gasteiger partial charge in [-0.2, -0.15) is 0 Å². The molecule has 2 amide bonds. The summed E-state index contributed by atoms with van der Waals surface area (Å²) in [5, 5.41) is 2.78. The van der Waals surface area contributed by atoms with Crippen LogP contribution in [0.3, 0.4) is 0 Å². The average Bonchev–Trinajstić information content (AvgIpc) is 2.62. The van der Waals surface area contributed by atoms with Gasteiger partial charge in [-0.15, -0.1) is 0 Å². The van der Waals surface area contributed by atoms with Crippen LogP contribution in [0, 0.1) is 0 Å². The van der Waals surface area contributed by atoms with Crippen LogP contribution in [0.15, 0.2) is 0 Å². The zero-order valence-electron chi connectivity index (χ0n) is 10.8. The molecule has 0 aliphatic carbocycles. The largest absolute Gasteiger partial charge is 0.378 e. The van der Waals surface area contributed by atoms with Crippen LogP contribution >= 0.6 is 0 Å². The number of ether oxygens (including phenoxy) is 1. The number of nitrogens with one attached hydrogen (secondary N) is 1. The van der Waals surface area contributed by atoms with Gasteiger partial charge in [0, 0.05) is 39.1 Å². The van der Waals surface area contributed by atoms with Crippen molar-refractivity contribution in [3.63, 3.8) is 0 Å². The fraction of sp³-hybridized carbons (Fsp3) is 0.846. The monoisotopic (exact) mass is 254 g/mol. The van der Waals surface area contributed by atoms with Crippen molar-refractivity contribution in [2.45, 2.75) is 44.6 Å². The molecule has 2 fully saturated rings.